The first-order valence-corrected chi connectivity index (χ1v) is 7.77. The molecule has 1 saturated heterocycles. The molecule has 2 N–H and O–H groups in total. The number of morpholine rings is 1. The van der Waals surface area contributed by atoms with E-state index in [1.54, 1.807) is 11.3 Å². The fourth-order valence-electron chi connectivity index (χ4n) is 2.49. The first kappa shape index (κ1) is 14.3. The zero-order valence-electron chi connectivity index (χ0n) is 11.7. The molecule has 1 amide bonds. The van der Waals surface area contributed by atoms with Gasteiger partial charge in [0.15, 0.2) is 0 Å². The highest BCUT2D eigenvalue weighted by Gasteiger charge is 2.26. The number of rotatable bonds is 4. The van der Waals surface area contributed by atoms with Gasteiger partial charge in [0.25, 0.3) is 5.91 Å². The summed E-state index contributed by atoms with van der Waals surface area (Å²) in [5.41, 5.74) is 8.02. The van der Waals surface area contributed by atoms with Crippen molar-refractivity contribution in [2.45, 2.75) is 33.1 Å². The van der Waals surface area contributed by atoms with Crippen LogP contribution in [-0.2, 0) is 17.6 Å². The number of thiophene rings is 1. The molecule has 1 aliphatic heterocycles. The Kier molecular flexibility index (Phi) is 4.82. The van der Waals surface area contributed by atoms with E-state index in [1.165, 1.54) is 10.4 Å². The lowest BCUT2D eigenvalue weighted by Crippen LogP contribution is -2.41. The van der Waals surface area contributed by atoms with Gasteiger partial charge in [-0.1, -0.05) is 20.3 Å². The van der Waals surface area contributed by atoms with Crippen LogP contribution < -0.4 is 5.73 Å². The Labute approximate surface area is 118 Å². The highest BCUT2D eigenvalue weighted by atomic mass is 32.1. The quantitative estimate of drug-likeness (QED) is 0.922. The number of amides is 1. The molecule has 4 nitrogen and oxygen atoms in total. The van der Waals surface area contributed by atoms with Crippen LogP contribution in [0.5, 0.6) is 0 Å². The minimum absolute atomic E-state index is 0.0835. The van der Waals surface area contributed by atoms with Crippen LogP contribution >= 0.6 is 11.3 Å². The monoisotopic (exact) mass is 282 g/mol. The zero-order chi connectivity index (χ0) is 13.8. The van der Waals surface area contributed by atoms with E-state index in [0.29, 0.717) is 31.3 Å². The van der Waals surface area contributed by atoms with Crippen molar-refractivity contribution in [2.75, 3.05) is 32.0 Å². The van der Waals surface area contributed by atoms with Gasteiger partial charge in [-0.25, -0.2) is 0 Å². The van der Waals surface area contributed by atoms with Gasteiger partial charge < -0.3 is 15.4 Å². The maximum Gasteiger partial charge on any atom is 0.257 e. The first-order chi connectivity index (χ1) is 9.19. The summed E-state index contributed by atoms with van der Waals surface area (Å²) >= 11 is 1.57. The van der Waals surface area contributed by atoms with E-state index in [2.05, 4.69) is 13.8 Å². The fraction of sp³-hybridized carbons (Fsp3) is 0.643. The number of nitrogens with two attached hydrogens (primary N) is 1. The van der Waals surface area contributed by atoms with Crippen LogP contribution in [0.25, 0.3) is 0 Å². The van der Waals surface area contributed by atoms with Crippen molar-refractivity contribution in [3.8, 4) is 0 Å². The van der Waals surface area contributed by atoms with Crippen LogP contribution in [-0.4, -0.2) is 37.1 Å². The molecular weight excluding hydrogens is 260 g/mol. The average Bonchev–Trinajstić information content (AvgIpc) is 2.75. The molecule has 0 atom stereocenters. The smallest absolute Gasteiger partial charge is 0.257 e. The number of aryl methyl sites for hydroxylation is 1. The lowest BCUT2D eigenvalue weighted by molar-refractivity contribution is 0.0303. The minimum Gasteiger partial charge on any atom is -0.390 e. The van der Waals surface area contributed by atoms with Crippen LogP contribution in [0, 0.1) is 0 Å². The van der Waals surface area contributed by atoms with Crippen molar-refractivity contribution >= 4 is 22.2 Å². The minimum atomic E-state index is 0.0835. The van der Waals surface area contributed by atoms with Crippen molar-refractivity contribution in [1.29, 1.82) is 0 Å². The van der Waals surface area contributed by atoms with Crippen LogP contribution in [0.1, 0.15) is 41.1 Å². The van der Waals surface area contributed by atoms with E-state index in [0.717, 1.165) is 24.8 Å². The number of carbonyl (C=O) groups is 1. The standard InChI is InChI=1S/C14H22N2O2S/c1-3-5-10-11(4-2)19-13(15)12(10)14(17)16-6-8-18-9-7-16/h3-9,15H2,1-2H3. The zero-order valence-corrected chi connectivity index (χ0v) is 12.5. The Morgan fingerprint density at radius 2 is 2.05 bits per heavy atom. The molecule has 1 aliphatic rings. The molecule has 2 rings (SSSR count). The molecule has 106 valence electrons. The number of hydrogen-bond acceptors (Lipinski definition) is 4. The third-order valence-electron chi connectivity index (χ3n) is 3.45. The summed E-state index contributed by atoms with van der Waals surface area (Å²) in [4.78, 5) is 15.8. The number of hydrogen-bond donors (Lipinski definition) is 1. The molecule has 0 radical (unpaired) electrons. The van der Waals surface area contributed by atoms with Gasteiger partial charge in [0.05, 0.1) is 23.8 Å². The Bertz CT molecular complexity index is 451. The molecular formula is C14H22N2O2S. The molecule has 5 heteroatoms. The largest absolute Gasteiger partial charge is 0.390 e. The first-order valence-electron chi connectivity index (χ1n) is 6.96. The molecule has 19 heavy (non-hydrogen) atoms. The van der Waals surface area contributed by atoms with Crippen LogP contribution in [0.2, 0.25) is 0 Å². The van der Waals surface area contributed by atoms with Crippen LogP contribution in [0.4, 0.5) is 5.00 Å². The molecule has 0 spiro atoms. The highest BCUT2D eigenvalue weighted by Crippen LogP contribution is 2.33. The maximum atomic E-state index is 12.6. The Balaban J connectivity index is 2.31. The molecule has 0 unspecified atom stereocenters. The molecule has 0 aromatic carbocycles. The maximum absolute atomic E-state index is 12.6. The number of nitrogen functional groups attached to an aromatic ring is 1. The van der Waals surface area contributed by atoms with Crippen molar-refractivity contribution < 1.29 is 9.53 Å². The summed E-state index contributed by atoms with van der Waals surface area (Å²) in [5.74, 6) is 0.0835. The molecule has 2 heterocycles. The van der Waals surface area contributed by atoms with E-state index < -0.39 is 0 Å². The fourth-order valence-corrected chi connectivity index (χ4v) is 3.54. The number of nitrogens with zero attached hydrogens (tertiary/aromatic N) is 1. The van der Waals surface area contributed by atoms with Crippen LogP contribution in [0.15, 0.2) is 0 Å². The predicted molar refractivity (Wildman–Crippen MR) is 78.8 cm³/mol. The normalized spacial score (nSPS) is 15.8. The molecule has 0 aliphatic carbocycles. The van der Waals surface area contributed by atoms with Gasteiger partial charge in [-0.3, -0.25) is 4.79 Å². The summed E-state index contributed by atoms with van der Waals surface area (Å²) in [5, 5.41) is 0.678. The molecule has 1 aromatic rings. The SMILES string of the molecule is CCCc1c(CC)sc(N)c1C(=O)N1CCOCC1. The van der Waals surface area contributed by atoms with Crippen molar-refractivity contribution in [3.63, 3.8) is 0 Å². The van der Waals surface area contributed by atoms with E-state index in [9.17, 15) is 4.79 Å². The summed E-state index contributed by atoms with van der Waals surface area (Å²) in [6.07, 6.45) is 2.91. The molecule has 0 bridgehead atoms. The van der Waals surface area contributed by atoms with Crippen molar-refractivity contribution in [1.82, 2.24) is 4.90 Å². The third kappa shape index (κ3) is 2.92. The summed E-state index contributed by atoms with van der Waals surface area (Å²) in [6.45, 7) is 6.84. The topological polar surface area (TPSA) is 55.6 Å². The molecule has 1 aromatic heterocycles. The lowest BCUT2D eigenvalue weighted by Gasteiger charge is -2.27. The van der Waals surface area contributed by atoms with E-state index in [4.69, 9.17) is 10.5 Å². The summed E-state index contributed by atoms with van der Waals surface area (Å²) in [6, 6.07) is 0. The second-order valence-corrected chi connectivity index (χ2v) is 5.89. The molecule has 0 saturated carbocycles. The summed E-state index contributed by atoms with van der Waals surface area (Å²) in [7, 11) is 0. The van der Waals surface area contributed by atoms with E-state index >= 15 is 0 Å². The Morgan fingerprint density at radius 3 is 2.63 bits per heavy atom. The van der Waals surface area contributed by atoms with Gasteiger partial charge in [-0.2, -0.15) is 0 Å². The van der Waals surface area contributed by atoms with Crippen LogP contribution in [0.3, 0.4) is 0 Å². The van der Waals surface area contributed by atoms with E-state index in [1.807, 2.05) is 4.90 Å². The number of carbonyl (C=O) groups excluding carboxylic acids is 1. The number of ether oxygens (including phenoxy) is 1. The van der Waals surface area contributed by atoms with E-state index in [-0.39, 0.29) is 5.91 Å². The van der Waals surface area contributed by atoms with Gasteiger partial charge in [-0.05, 0) is 18.4 Å². The van der Waals surface area contributed by atoms with Gasteiger partial charge in [0.1, 0.15) is 0 Å². The van der Waals surface area contributed by atoms with Gasteiger partial charge in [-0.15, -0.1) is 11.3 Å². The second-order valence-electron chi connectivity index (χ2n) is 4.75. The average molecular weight is 282 g/mol. The third-order valence-corrected chi connectivity index (χ3v) is 4.66. The number of anilines is 1. The van der Waals surface area contributed by atoms with Gasteiger partial charge in [0, 0.05) is 18.0 Å². The second kappa shape index (κ2) is 6.39. The lowest BCUT2D eigenvalue weighted by atomic mass is 10.0. The highest BCUT2D eigenvalue weighted by molar-refractivity contribution is 7.16. The van der Waals surface area contributed by atoms with Gasteiger partial charge in [0.2, 0.25) is 0 Å². The Hall–Kier alpha value is -1.07. The van der Waals surface area contributed by atoms with Gasteiger partial charge >= 0.3 is 0 Å². The summed E-state index contributed by atoms with van der Waals surface area (Å²) < 4.78 is 5.30. The molecule has 1 fully saturated rings. The van der Waals surface area contributed by atoms with Crippen molar-refractivity contribution in [3.05, 3.63) is 16.0 Å². The Morgan fingerprint density at radius 1 is 1.37 bits per heavy atom. The van der Waals surface area contributed by atoms with Crippen molar-refractivity contribution in [2.24, 2.45) is 0 Å². The predicted octanol–water partition coefficient (Wildman–Crippen LogP) is 2.32.